The Balaban J connectivity index is 2.20. The lowest BCUT2D eigenvalue weighted by atomic mass is 10.3. The van der Waals surface area contributed by atoms with Crippen LogP contribution in [0.1, 0.15) is 13.3 Å². The molecule has 0 aromatic carbocycles. The van der Waals surface area contributed by atoms with Crippen LogP contribution in [0.3, 0.4) is 0 Å². The number of hydrogen-bond donors (Lipinski definition) is 2. The molecule has 0 spiro atoms. The van der Waals surface area contributed by atoms with Crippen molar-refractivity contribution in [2.75, 3.05) is 52.4 Å². The van der Waals surface area contributed by atoms with E-state index < -0.39 is 0 Å². The quantitative estimate of drug-likeness (QED) is 0.462. The van der Waals surface area contributed by atoms with Crippen LogP contribution < -0.4 is 10.6 Å². The Kier molecular flexibility index (Phi) is 7.91. The molecule has 1 heterocycles. The van der Waals surface area contributed by atoms with Crippen molar-refractivity contribution in [2.24, 2.45) is 0 Å². The van der Waals surface area contributed by atoms with E-state index in [9.17, 15) is 9.59 Å². The normalized spacial score (nSPS) is 15.9. The van der Waals surface area contributed by atoms with Crippen molar-refractivity contribution in [3.8, 4) is 0 Å². The molecule has 6 heteroatoms. The molecule has 6 nitrogen and oxygen atoms in total. The van der Waals surface area contributed by atoms with Crippen molar-refractivity contribution in [1.82, 2.24) is 20.4 Å². The zero-order chi connectivity index (χ0) is 14.8. The summed E-state index contributed by atoms with van der Waals surface area (Å²) in [5, 5.41) is 5.88. The molecule has 0 unspecified atom stereocenters. The molecule has 0 radical (unpaired) electrons. The van der Waals surface area contributed by atoms with Gasteiger partial charge in [0.05, 0.1) is 13.1 Å². The maximum absolute atomic E-state index is 11.9. The molecule has 0 atom stereocenters. The van der Waals surface area contributed by atoms with Gasteiger partial charge in [-0.1, -0.05) is 13.0 Å². The Morgan fingerprint density at radius 1 is 1.25 bits per heavy atom. The minimum absolute atomic E-state index is 0.0688. The SMILES string of the molecule is C=CCNCC(=O)N1CCN(CC(=O)NCCC)CC1. The molecule has 1 aliphatic rings. The summed E-state index contributed by atoms with van der Waals surface area (Å²) in [6, 6.07) is 0. The smallest absolute Gasteiger partial charge is 0.236 e. The number of hydrogen-bond acceptors (Lipinski definition) is 4. The van der Waals surface area contributed by atoms with Gasteiger partial charge in [-0.15, -0.1) is 6.58 Å². The first kappa shape index (κ1) is 16.7. The van der Waals surface area contributed by atoms with Crippen LogP contribution >= 0.6 is 0 Å². The molecule has 114 valence electrons. The average Bonchev–Trinajstić information content (AvgIpc) is 2.46. The molecule has 20 heavy (non-hydrogen) atoms. The number of piperazine rings is 1. The molecule has 1 saturated heterocycles. The number of nitrogens with one attached hydrogen (secondary N) is 2. The van der Waals surface area contributed by atoms with Crippen LogP contribution in [-0.2, 0) is 9.59 Å². The van der Waals surface area contributed by atoms with Crippen molar-refractivity contribution < 1.29 is 9.59 Å². The summed E-state index contributed by atoms with van der Waals surface area (Å²) in [5.74, 6) is 0.182. The van der Waals surface area contributed by atoms with Gasteiger partial charge in [0.15, 0.2) is 0 Å². The van der Waals surface area contributed by atoms with Crippen LogP contribution in [0.4, 0.5) is 0 Å². The van der Waals surface area contributed by atoms with Gasteiger partial charge in [-0.2, -0.15) is 0 Å². The van der Waals surface area contributed by atoms with Crippen LogP contribution in [0.25, 0.3) is 0 Å². The van der Waals surface area contributed by atoms with Gasteiger partial charge < -0.3 is 15.5 Å². The number of carbonyl (C=O) groups is 2. The highest BCUT2D eigenvalue weighted by molar-refractivity contribution is 5.79. The van der Waals surface area contributed by atoms with Gasteiger partial charge in [-0.25, -0.2) is 0 Å². The minimum atomic E-state index is 0.0688. The van der Waals surface area contributed by atoms with E-state index in [1.54, 1.807) is 6.08 Å². The van der Waals surface area contributed by atoms with E-state index in [0.29, 0.717) is 32.7 Å². The van der Waals surface area contributed by atoms with Crippen molar-refractivity contribution in [1.29, 1.82) is 0 Å². The highest BCUT2D eigenvalue weighted by Crippen LogP contribution is 2.01. The van der Waals surface area contributed by atoms with Gasteiger partial charge in [-0.3, -0.25) is 14.5 Å². The first-order chi connectivity index (χ1) is 9.67. The summed E-state index contributed by atoms with van der Waals surface area (Å²) in [5.41, 5.74) is 0. The molecule has 0 aliphatic carbocycles. The second kappa shape index (κ2) is 9.50. The summed E-state index contributed by atoms with van der Waals surface area (Å²) in [6.07, 6.45) is 2.69. The van der Waals surface area contributed by atoms with Crippen molar-refractivity contribution in [3.05, 3.63) is 12.7 Å². The van der Waals surface area contributed by atoms with Crippen LogP contribution in [-0.4, -0.2) is 74.0 Å². The number of nitrogens with zero attached hydrogens (tertiary/aromatic N) is 2. The lowest BCUT2D eigenvalue weighted by Crippen LogP contribution is -2.52. The summed E-state index contributed by atoms with van der Waals surface area (Å²) in [7, 11) is 0. The third-order valence-corrected chi connectivity index (χ3v) is 3.23. The molecule has 2 amide bonds. The maximum atomic E-state index is 11.9. The van der Waals surface area contributed by atoms with Gasteiger partial charge in [-0.05, 0) is 6.42 Å². The zero-order valence-corrected chi connectivity index (χ0v) is 12.4. The third-order valence-electron chi connectivity index (χ3n) is 3.23. The average molecular weight is 282 g/mol. The van der Waals surface area contributed by atoms with E-state index in [1.165, 1.54) is 0 Å². The third kappa shape index (κ3) is 6.16. The largest absolute Gasteiger partial charge is 0.355 e. The first-order valence-corrected chi connectivity index (χ1v) is 7.25. The summed E-state index contributed by atoms with van der Waals surface area (Å²) in [4.78, 5) is 27.4. The van der Waals surface area contributed by atoms with E-state index in [0.717, 1.165) is 26.1 Å². The maximum Gasteiger partial charge on any atom is 0.236 e. The first-order valence-electron chi connectivity index (χ1n) is 7.25. The molecular weight excluding hydrogens is 256 g/mol. The fourth-order valence-electron chi connectivity index (χ4n) is 2.07. The van der Waals surface area contributed by atoms with Gasteiger partial charge in [0.1, 0.15) is 0 Å². The van der Waals surface area contributed by atoms with Crippen molar-refractivity contribution in [2.45, 2.75) is 13.3 Å². The molecule has 0 saturated carbocycles. The number of rotatable bonds is 8. The van der Waals surface area contributed by atoms with Crippen LogP contribution in [0, 0.1) is 0 Å². The van der Waals surface area contributed by atoms with Gasteiger partial charge in [0, 0.05) is 39.3 Å². The predicted molar refractivity (Wildman–Crippen MR) is 79.4 cm³/mol. The highest BCUT2D eigenvalue weighted by Gasteiger charge is 2.21. The van der Waals surface area contributed by atoms with Crippen molar-refractivity contribution >= 4 is 11.8 Å². The Morgan fingerprint density at radius 3 is 2.55 bits per heavy atom. The number of carbonyl (C=O) groups excluding carboxylic acids is 2. The van der Waals surface area contributed by atoms with E-state index in [-0.39, 0.29) is 11.8 Å². The zero-order valence-electron chi connectivity index (χ0n) is 12.4. The fourth-order valence-corrected chi connectivity index (χ4v) is 2.07. The van der Waals surface area contributed by atoms with Crippen LogP contribution in [0.15, 0.2) is 12.7 Å². The molecule has 0 aromatic heterocycles. The molecular formula is C14H26N4O2. The fraction of sp³-hybridized carbons (Fsp3) is 0.714. The van der Waals surface area contributed by atoms with E-state index in [4.69, 9.17) is 0 Å². The van der Waals surface area contributed by atoms with Gasteiger partial charge in [0.25, 0.3) is 0 Å². The second-order valence-corrected chi connectivity index (χ2v) is 4.93. The molecule has 0 aromatic rings. The molecule has 2 N–H and O–H groups in total. The lowest BCUT2D eigenvalue weighted by Gasteiger charge is -2.34. The molecule has 1 rings (SSSR count). The van der Waals surface area contributed by atoms with E-state index in [2.05, 4.69) is 22.1 Å². The standard InChI is InChI=1S/C14H26N4O2/c1-3-5-15-11-14(20)18-9-7-17(8-10-18)12-13(19)16-6-4-2/h3,15H,1,4-12H2,2H3,(H,16,19). The molecule has 0 bridgehead atoms. The van der Waals surface area contributed by atoms with E-state index in [1.807, 2.05) is 11.8 Å². The van der Waals surface area contributed by atoms with Crippen LogP contribution in [0.5, 0.6) is 0 Å². The summed E-state index contributed by atoms with van der Waals surface area (Å²) < 4.78 is 0. The Morgan fingerprint density at radius 2 is 1.95 bits per heavy atom. The Bertz CT molecular complexity index is 325. The predicted octanol–water partition coefficient (Wildman–Crippen LogP) is -0.568. The van der Waals surface area contributed by atoms with E-state index >= 15 is 0 Å². The lowest BCUT2D eigenvalue weighted by molar-refractivity contribution is -0.132. The molecule has 1 fully saturated rings. The topological polar surface area (TPSA) is 64.7 Å². The summed E-state index contributed by atoms with van der Waals surface area (Å²) in [6.45, 7) is 10.7. The van der Waals surface area contributed by atoms with Crippen LogP contribution in [0.2, 0.25) is 0 Å². The minimum Gasteiger partial charge on any atom is -0.355 e. The van der Waals surface area contributed by atoms with Gasteiger partial charge >= 0.3 is 0 Å². The van der Waals surface area contributed by atoms with Gasteiger partial charge in [0.2, 0.25) is 11.8 Å². The Hall–Kier alpha value is -1.40. The van der Waals surface area contributed by atoms with Crippen molar-refractivity contribution in [3.63, 3.8) is 0 Å². The highest BCUT2D eigenvalue weighted by atomic mass is 16.2. The summed E-state index contributed by atoms with van der Waals surface area (Å²) >= 11 is 0. The molecule has 1 aliphatic heterocycles. The second-order valence-electron chi connectivity index (χ2n) is 4.93. The number of amides is 2. The monoisotopic (exact) mass is 282 g/mol. The Labute approximate surface area is 121 Å².